The molecule has 0 saturated carbocycles. The van der Waals surface area contributed by atoms with Crippen molar-refractivity contribution in [1.82, 2.24) is 0 Å². The van der Waals surface area contributed by atoms with Crippen molar-refractivity contribution >= 4 is 45.8 Å². The van der Waals surface area contributed by atoms with Gasteiger partial charge in [-0.3, -0.25) is 9.59 Å². The molecule has 5 heteroatoms. The van der Waals surface area contributed by atoms with Crippen LogP contribution in [-0.4, -0.2) is 18.4 Å². The van der Waals surface area contributed by atoms with Crippen molar-refractivity contribution in [3.63, 3.8) is 0 Å². The summed E-state index contributed by atoms with van der Waals surface area (Å²) < 4.78 is 0.857. The quantitative estimate of drug-likeness (QED) is 0.521. The van der Waals surface area contributed by atoms with Crippen LogP contribution in [0.2, 0.25) is 0 Å². The van der Waals surface area contributed by atoms with Gasteiger partial charge in [0.2, 0.25) is 0 Å². The number of carbonyl (C=O) groups excluding carboxylic acids is 2. The van der Waals surface area contributed by atoms with Gasteiger partial charge in [-0.05, 0) is 65.9 Å². The van der Waals surface area contributed by atoms with Crippen molar-refractivity contribution in [2.45, 2.75) is 6.92 Å². The normalized spacial score (nSPS) is 10.3. The largest absolute Gasteiger partial charge is 0.321 e. The Kier molecular flexibility index (Phi) is 6.24. The molecule has 2 amide bonds. The standard InChI is InChI=1S/C22H19IN2O2/c1-2-25(16-10-4-3-5-11-16)22(27)18-13-7-9-15-20(18)24-21(26)17-12-6-8-14-19(17)23/h3-15H,2H2,1H3,(H,24,26). The lowest BCUT2D eigenvalue weighted by molar-refractivity contribution is 0.0989. The van der Waals surface area contributed by atoms with Crippen molar-refractivity contribution in [2.24, 2.45) is 0 Å². The van der Waals surface area contributed by atoms with E-state index in [0.717, 1.165) is 9.26 Å². The molecule has 0 saturated heterocycles. The van der Waals surface area contributed by atoms with Crippen LogP contribution < -0.4 is 10.2 Å². The van der Waals surface area contributed by atoms with Crippen molar-refractivity contribution in [3.05, 3.63) is 93.6 Å². The molecule has 4 nitrogen and oxygen atoms in total. The molecule has 0 aliphatic carbocycles. The van der Waals surface area contributed by atoms with Gasteiger partial charge in [0.1, 0.15) is 0 Å². The maximum absolute atomic E-state index is 13.2. The van der Waals surface area contributed by atoms with Crippen LogP contribution in [-0.2, 0) is 0 Å². The molecular formula is C22H19IN2O2. The van der Waals surface area contributed by atoms with E-state index in [-0.39, 0.29) is 11.8 Å². The van der Waals surface area contributed by atoms with Crippen LogP contribution in [0.4, 0.5) is 11.4 Å². The summed E-state index contributed by atoms with van der Waals surface area (Å²) >= 11 is 2.13. The second-order valence-corrected chi connectivity index (χ2v) is 7.03. The molecule has 3 aromatic carbocycles. The Morgan fingerprint density at radius 1 is 0.852 bits per heavy atom. The molecule has 0 aromatic heterocycles. The molecule has 0 fully saturated rings. The molecule has 0 aliphatic heterocycles. The molecule has 0 heterocycles. The van der Waals surface area contributed by atoms with E-state index in [1.54, 1.807) is 35.2 Å². The summed E-state index contributed by atoms with van der Waals surface area (Å²) in [6.07, 6.45) is 0. The van der Waals surface area contributed by atoms with E-state index in [1.807, 2.05) is 55.5 Å². The van der Waals surface area contributed by atoms with E-state index in [1.165, 1.54) is 0 Å². The molecule has 0 unspecified atom stereocenters. The Morgan fingerprint density at radius 2 is 1.44 bits per heavy atom. The number of benzene rings is 3. The SMILES string of the molecule is CCN(C(=O)c1ccccc1NC(=O)c1ccccc1I)c1ccccc1. The van der Waals surface area contributed by atoms with E-state index in [2.05, 4.69) is 27.9 Å². The Bertz CT molecular complexity index is 957. The summed E-state index contributed by atoms with van der Waals surface area (Å²) in [4.78, 5) is 27.5. The molecule has 0 atom stereocenters. The molecule has 3 aromatic rings. The highest BCUT2D eigenvalue weighted by Gasteiger charge is 2.20. The molecule has 3 rings (SSSR count). The molecule has 1 N–H and O–H groups in total. The average Bonchev–Trinajstić information content (AvgIpc) is 2.70. The number of para-hydroxylation sites is 2. The number of anilines is 2. The third kappa shape index (κ3) is 4.36. The number of carbonyl (C=O) groups is 2. The van der Waals surface area contributed by atoms with Crippen LogP contribution in [0.3, 0.4) is 0 Å². The van der Waals surface area contributed by atoms with Gasteiger partial charge in [-0.1, -0.05) is 42.5 Å². The summed E-state index contributed by atoms with van der Waals surface area (Å²) in [5, 5.41) is 2.89. The predicted octanol–water partition coefficient (Wildman–Crippen LogP) is 5.21. The van der Waals surface area contributed by atoms with Gasteiger partial charge in [0.25, 0.3) is 11.8 Å². The van der Waals surface area contributed by atoms with E-state index in [0.29, 0.717) is 23.4 Å². The number of halogens is 1. The Morgan fingerprint density at radius 3 is 2.11 bits per heavy atom. The first-order valence-electron chi connectivity index (χ1n) is 8.63. The van der Waals surface area contributed by atoms with Crippen molar-refractivity contribution in [3.8, 4) is 0 Å². The lowest BCUT2D eigenvalue weighted by atomic mass is 10.1. The first-order chi connectivity index (χ1) is 13.1. The monoisotopic (exact) mass is 470 g/mol. The van der Waals surface area contributed by atoms with Gasteiger partial charge in [0.05, 0.1) is 16.8 Å². The fourth-order valence-electron chi connectivity index (χ4n) is 2.81. The molecular weight excluding hydrogens is 451 g/mol. The molecule has 0 spiro atoms. The van der Waals surface area contributed by atoms with Gasteiger partial charge in [-0.25, -0.2) is 0 Å². The summed E-state index contributed by atoms with van der Waals surface area (Å²) in [6.45, 7) is 2.46. The predicted molar refractivity (Wildman–Crippen MR) is 117 cm³/mol. The highest BCUT2D eigenvalue weighted by Crippen LogP contribution is 2.23. The minimum atomic E-state index is -0.233. The average molecular weight is 470 g/mol. The maximum Gasteiger partial charge on any atom is 0.260 e. The van der Waals surface area contributed by atoms with E-state index < -0.39 is 0 Å². The molecule has 0 radical (unpaired) electrons. The van der Waals surface area contributed by atoms with E-state index in [9.17, 15) is 9.59 Å². The molecule has 136 valence electrons. The number of hydrogen-bond donors (Lipinski definition) is 1. The summed E-state index contributed by atoms with van der Waals surface area (Å²) in [5.74, 6) is -0.384. The number of rotatable bonds is 5. The summed E-state index contributed by atoms with van der Waals surface area (Å²) in [5.41, 5.74) is 2.36. The zero-order chi connectivity index (χ0) is 19.2. The third-order valence-corrected chi connectivity index (χ3v) is 5.09. The molecule has 0 aliphatic rings. The van der Waals surface area contributed by atoms with Crippen LogP contribution in [0.15, 0.2) is 78.9 Å². The van der Waals surface area contributed by atoms with Crippen molar-refractivity contribution < 1.29 is 9.59 Å². The lowest BCUT2D eigenvalue weighted by Gasteiger charge is -2.22. The van der Waals surface area contributed by atoms with Gasteiger partial charge in [-0.2, -0.15) is 0 Å². The minimum absolute atomic E-state index is 0.151. The van der Waals surface area contributed by atoms with Gasteiger partial charge in [-0.15, -0.1) is 0 Å². The molecule has 27 heavy (non-hydrogen) atoms. The third-order valence-electron chi connectivity index (χ3n) is 4.15. The fourth-order valence-corrected chi connectivity index (χ4v) is 3.44. The topological polar surface area (TPSA) is 49.4 Å². The van der Waals surface area contributed by atoms with Crippen LogP contribution in [0.1, 0.15) is 27.6 Å². The van der Waals surface area contributed by atoms with Gasteiger partial charge < -0.3 is 10.2 Å². The van der Waals surface area contributed by atoms with Crippen molar-refractivity contribution in [2.75, 3.05) is 16.8 Å². The lowest BCUT2D eigenvalue weighted by Crippen LogP contribution is -2.31. The second kappa shape index (κ2) is 8.81. The van der Waals surface area contributed by atoms with E-state index >= 15 is 0 Å². The van der Waals surface area contributed by atoms with Crippen LogP contribution >= 0.6 is 22.6 Å². The minimum Gasteiger partial charge on any atom is -0.321 e. The van der Waals surface area contributed by atoms with Crippen LogP contribution in [0, 0.1) is 3.57 Å². The fraction of sp³-hybridized carbons (Fsp3) is 0.0909. The maximum atomic E-state index is 13.2. The highest BCUT2D eigenvalue weighted by atomic mass is 127. The van der Waals surface area contributed by atoms with Crippen molar-refractivity contribution in [1.29, 1.82) is 0 Å². The van der Waals surface area contributed by atoms with Crippen LogP contribution in [0.25, 0.3) is 0 Å². The first kappa shape index (κ1) is 19.1. The zero-order valence-corrected chi connectivity index (χ0v) is 17.0. The van der Waals surface area contributed by atoms with Gasteiger partial charge in [0.15, 0.2) is 0 Å². The number of amides is 2. The molecule has 0 bridgehead atoms. The summed E-state index contributed by atoms with van der Waals surface area (Å²) in [6, 6.07) is 23.9. The smallest absolute Gasteiger partial charge is 0.260 e. The second-order valence-electron chi connectivity index (χ2n) is 5.86. The first-order valence-corrected chi connectivity index (χ1v) is 9.71. The Labute approximate surface area is 172 Å². The number of hydrogen-bond acceptors (Lipinski definition) is 2. The highest BCUT2D eigenvalue weighted by molar-refractivity contribution is 14.1. The summed E-state index contributed by atoms with van der Waals surface area (Å²) in [7, 11) is 0. The Hall–Kier alpha value is -2.67. The van der Waals surface area contributed by atoms with Gasteiger partial charge >= 0.3 is 0 Å². The van der Waals surface area contributed by atoms with Crippen LogP contribution in [0.5, 0.6) is 0 Å². The number of nitrogens with one attached hydrogen (secondary N) is 1. The van der Waals surface area contributed by atoms with Gasteiger partial charge in [0, 0.05) is 15.8 Å². The zero-order valence-electron chi connectivity index (χ0n) is 14.9. The number of nitrogens with zero attached hydrogens (tertiary/aromatic N) is 1. The Balaban J connectivity index is 1.91. The van der Waals surface area contributed by atoms with E-state index in [4.69, 9.17) is 0 Å².